The van der Waals surface area contributed by atoms with Gasteiger partial charge in [0, 0.05) is 12.5 Å². The predicted molar refractivity (Wildman–Crippen MR) is 72.1 cm³/mol. The van der Waals surface area contributed by atoms with Gasteiger partial charge in [-0.05, 0) is 53.4 Å². The van der Waals surface area contributed by atoms with Crippen molar-refractivity contribution in [1.29, 1.82) is 0 Å². The van der Waals surface area contributed by atoms with E-state index in [1.807, 2.05) is 19.1 Å². The minimum atomic E-state index is -0.170. The molecular formula is C14H14BrFN2. The number of imidazole rings is 1. The molecular weight excluding hydrogens is 295 g/mol. The number of hydrogen-bond donors (Lipinski definition) is 0. The highest BCUT2D eigenvalue weighted by atomic mass is 79.9. The molecule has 1 aromatic heterocycles. The van der Waals surface area contributed by atoms with Crippen molar-refractivity contribution in [3.05, 3.63) is 51.8 Å². The molecule has 18 heavy (non-hydrogen) atoms. The standard InChI is InChI=1S/C14H14BrFN2/c1-9-17-14(15)13-7-4-11(8-18(9)13)10-2-5-12(16)6-3-10/h2-3,5-6,11H,4,7-8H2,1H3. The van der Waals surface area contributed by atoms with Crippen LogP contribution in [-0.4, -0.2) is 9.55 Å². The lowest BCUT2D eigenvalue weighted by Gasteiger charge is -2.25. The van der Waals surface area contributed by atoms with Crippen molar-refractivity contribution in [2.75, 3.05) is 0 Å². The molecule has 3 rings (SSSR count). The third-order valence-electron chi connectivity index (χ3n) is 3.69. The van der Waals surface area contributed by atoms with Gasteiger partial charge in [-0.2, -0.15) is 0 Å². The van der Waals surface area contributed by atoms with Gasteiger partial charge < -0.3 is 4.57 Å². The van der Waals surface area contributed by atoms with Gasteiger partial charge >= 0.3 is 0 Å². The van der Waals surface area contributed by atoms with Gasteiger partial charge in [-0.15, -0.1) is 0 Å². The number of aryl methyl sites for hydroxylation is 1. The maximum absolute atomic E-state index is 12.9. The van der Waals surface area contributed by atoms with Crippen LogP contribution in [0.4, 0.5) is 4.39 Å². The lowest BCUT2D eigenvalue weighted by Crippen LogP contribution is -2.19. The van der Waals surface area contributed by atoms with Gasteiger partial charge in [-0.25, -0.2) is 9.37 Å². The first kappa shape index (κ1) is 11.9. The van der Waals surface area contributed by atoms with Gasteiger partial charge in [0.15, 0.2) is 0 Å². The lowest BCUT2D eigenvalue weighted by molar-refractivity contribution is 0.455. The highest BCUT2D eigenvalue weighted by Crippen LogP contribution is 2.32. The summed E-state index contributed by atoms with van der Waals surface area (Å²) in [4.78, 5) is 4.45. The summed E-state index contributed by atoms with van der Waals surface area (Å²) < 4.78 is 16.2. The van der Waals surface area contributed by atoms with Gasteiger partial charge in [0.05, 0.1) is 5.69 Å². The molecule has 0 fully saturated rings. The SMILES string of the molecule is Cc1nc(Br)c2n1CC(c1ccc(F)cc1)CC2. The molecule has 2 heterocycles. The van der Waals surface area contributed by atoms with E-state index in [-0.39, 0.29) is 5.82 Å². The van der Waals surface area contributed by atoms with Crippen LogP contribution in [0.3, 0.4) is 0 Å². The molecule has 0 spiro atoms. The zero-order valence-electron chi connectivity index (χ0n) is 10.2. The van der Waals surface area contributed by atoms with E-state index < -0.39 is 0 Å². The molecule has 0 saturated heterocycles. The summed E-state index contributed by atoms with van der Waals surface area (Å²) in [5.41, 5.74) is 2.50. The first-order valence-electron chi connectivity index (χ1n) is 6.12. The molecule has 0 saturated carbocycles. The number of aromatic nitrogens is 2. The van der Waals surface area contributed by atoms with E-state index in [9.17, 15) is 4.39 Å². The number of nitrogens with zero attached hydrogens (tertiary/aromatic N) is 2. The van der Waals surface area contributed by atoms with Gasteiger partial charge in [0.25, 0.3) is 0 Å². The molecule has 1 atom stereocenters. The second-order valence-corrected chi connectivity index (χ2v) is 5.55. The second-order valence-electron chi connectivity index (χ2n) is 4.79. The Labute approximate surface area is 114 Å². The number of benzene rings is 1. The molecule has 1 unspecified atom stereocenters. The Hall–Kier alpha value is -1.16. The summed E-state index contributed by atoms with van der Waals surface area (Å²) in [5.74, 6) is 1.33. The quantitative estimate of drug-likeness (QED) is 0.783. The molecule has 0 radical (unpaired) electrons. The number of hydrogen-bond acceptors (Lipinski definition) is 1. The van der Waals surface area contributed by atoms with Gasteiger partial charge in [-0.3, -0.25) is 0 Å². The summed E-state index contributed by atoms with van der Waals surface area (Å²) in [6, 6.07) is 6.88. The Bertz CT molecular complexity index is 574. The summed E-state index contributed by atoms with van der Waals surface area (Å²) in [7, 11) is 0. The molecule has 94 valence electrons. The average Bonchev–Trinajstić information content (AvgIpc) is 2.66. The molecule has 4 heteroatoms. The van der Waals surface area contributed by atoms with Gasteiger partial charge in [0.2, 0.25) is 0 Å². The van der Waals surface area contributed by atoms with Crippen LogP contribution in [0.25, 0.3) is 0 Å². The highest BCUT2D eigenvalue weighted by Gasteiger charge is 2.23. The van der Waals surface area contributed by atoms with Crippen LogP contribution < -0.4 is 0 Å². The predicted octanol–water partition coefficient (Wildman–Crippen LogP) is 3.82. The van der Waals surface area contributed by atoms with Crippen LogP contribution in [0.1, 0.15) is 29.4 Å². The maximum Gasteiger partial charge on any atom is 0.127 e. The van der Waals surface area contributed by atoms with E-state index >= 15 is 0 Å². The topological polar surface area (TPSA) is 17.8 Å². The first-order valence-corrected chi connectivity index (χ1v) is 6.91. The van der Waals surface area contributed by atoms with E-state index in [0.29, 0.717) is 5.92 Å². The van der Waals surface area contributed by atoms with Crippen LogP contribution in [0.5, 0.6) is 0 Å². The van der Waals surface area contributed by atoms with Crippen molar-refractivity contribution in [1.82, 2.24) is 9.55 Å². The lowest BCUT2D eigenvalue weighted by atomic mass is 9.91. The smallest absolute Gasteiger partial charge is 0.127 e. The van der Waals surface area contributed by atoms with Crippen molar-refractivity contribution < 1.29 is 4.39 Å². The summed E-state index contributed by atoms with van der Waals surface area (Å²) >= 11 is 3.51. The third kappa shape index (κ3) is 1.99. The fraction of sp³-hybridized carbons (Fsp3) is 0.357. The second kappa shape index (κ2) is 4.50. The molecule has 0 aliphatic carbocycles. The van der Waals surface area contributed by atoms with Crippen LogP contribution in [0.15, 0.2) is 28.9 Å². The minimum Gasteiger partial charge on any atom is -0.331 e. The Morgan fingerprint density at radius 2 is 2.06 bits per heavy atom. The maximum atomic E-state index is 12.9. The first-order chi connectivity index (χ1) is 8.65. The fourth-order valence-corrected chi connectivity index (χ4v) is 3.35. The summed E-state index contributed by atoms with van der Waals surface area (Å²) in [6.45, 7) is 2.96. The largest absolute Gasteiger partial charge is 0.331 e. The molecule has 0 amide bonds. The van der Waals surface area contributed by atoms with E-state index in [4.69, 9.17) is 0 Å². The van der Waals surface area contributed by atoms with E-state index in [1.165, 1.54) is 11.3 Å². The van der Waals surface area contributed by atoms with Crippen molar-refractivity contribution in [3.63, 3.8) is 0 Å². The Kier molecular flexibility index (Phi) is 2.98. The zero-order chi connectivity index (χ0) is 12.7. The number of rotatable bonds is 1. The van der Waals surface area contributed by atoms with Gasteiger partial charge in [0.1, 0.15) is 16.2 Å². The van der Waals surface area contributed by atoms with E-state index in [2.05, 4.69) is 25.5 Å². The van der Waals surface area contributed by atoms with Crippen molar-refractivity contribution in [2.45, 2.75) is 32.2 Å². The average molecular weight is 309 g/mol. The van der Waals surface area contributed by atoms with Crippen LogP contribution in [-0.2, 0) is 13.0 Å². The van der Waals surface area contributed by atoms with E-state index in [0.717, 1.165) is 29.8 Å². The molecule has 1 aliphatic rings. The van der Waals surface area contributed by atoms with Crippen LogP contribution >= 0.6 is 15.9 Å². The van der Waals surface area contributed by atoms with Crippen molar-refractivity contribution >= 4 is 15.9 Å². The Morgan fingerprint density at radius 3 is 2.78 bits per heavy atom. The summed E-state index contributed by atoms with van der Waals surface area (Å²) in [5, 5.41) is 0. The van der Waals surface area contributed by atoms with Crippen LogP contribution in [0, 0.1) is 12.7 Å². The van der Waals surface area contributed by atoms with Crippen molar-refractivity contribution in [3.8, 4) is 0 Å². The minimum absolute atomic E-state index is 0.170. The monoisotopic (exact) mass is 308 g/mol. The normalized spacial score (nSPS) is 18.7. The Balaban J connectivity index is 1.90. The number of fused-ring (bicyclic) bond motifs is 1. The fourth-order valence-electron chi connectivity index (χ4n) is 2.68. The third-order valence-corrected chi connectivity index (χ3v) is 4.32. The van der Waals surface area contributed by atoms with E-state index in [1.54, 1.807) is 12.1 Å². The molecule has 2 aromatic rings. The molecule has 1 aliphatic heterocycles. The zero-order valence-corrected chi connectivity index (χ0v) is 11.7. The van der Waals surface area contributed by atoms with Crippen LogP contribution in [0.2, 0.25) is 0 Å². The van der Waals surface area contributed by atoms with Gasteiger partial charge in [-0.1, -0.05) is 12.1 Å². The highest BCUT2D eigenvalue weighted by molar-refractivity contribution is 9.10. The Morgan fingerprint density at radius 1 is 1.33 bits per heavy atom. The number of halogens is 2. The molecule has 0 bridgehead atoms. The summed E-state index contributed by atoms with van der Waals surface area (Å²) in [6.07, 6.45) is 2.11. The molecule has 2 nitrogen and oxygen atoms in total. The van der Waals surface area contributed by atoms with Crippen molar-refractivity contribution in [2.24, 2.45) is 0 Å². The molecule has 1 aromatic carbocycles. The molecule has 0 N–H and O–H groups in total.